The van der Waals surface area contributed by atoms with Gasteiger partial charge in [0.15, 0.2) is 9.84 Å². The summed E-state index contributed by atoms with van der Waals surface area (Å²) in [6.45, 7) is 0.725. The Morgan fingerprint density at radius 2 is 1.74 bits per heavy atom. The van der Waals surface area contributed by atoms with Crippen LogP contribution in [0.2, 0.25) is 5.02 Å². The number of benzene rings is 2. The van der Waals surface area contributed by atoms with Gasteiger partial charge < -0.3 is 4.90 Å². The van der Waals surface area contributed by atoms with Crippen molar-refractivity contribution >= 4 is 39.3 Å². The van der Waals surface area contributed by atoms with Crippen LogP contribution in [0, 0.1) is 0 Å². The normalized spacial score (nSPS) is 15.2. The molecule has 0 bridgehead atoms. The van der Waals surface area contributed by atoms with E-state index in [2.05, 4.69) is 0 Å². The molecule has 1 saturated heterocycles. The third-order valence-electron chi connectivity index (χ3n) is 5.25. The molecule has 1 heterocycles. The third kappa shape index (κ3) is 5.72. The number of nitrogens with one attached hydrogen (secondary N) is 1. The second-order valence-electron chi connectivity index (χ2n) is 7.28. The molecule has 0 unspecified atom stereocenters. The number of sulfone groups is 1. The lowest BCUT2D eigenvalue weighted by Crippen LogP contribution is -2.43. The van der Waals surface area contributed by atoms with E-state index in [1.54, 1.807) is 47.4 Å². The molecule has 0 aromatic heterocycles. The predicted octanol–water partition coefficient (Wildman–Crippen LogP) is 2.87. The highest BCUT2D eigenvalue weighted by atomic mass is 35.5. The van der Waals surface area contributed by atoms with Crippen molar-refractivity contribution in [2.45, 2.75) is 29.4 Å². The molecule has 2 aromatic carbocycles. The van der Waals surface area contributed by atoms with Crippen LogP contribution in [0.4, 0.5) is 0 Å². The smallest absolute Gasteiger partial charge is 0.267 e. The lowest BCUT2D eigenvalue weighted by atomic mass is 10.1. The fourth-order valence-electron chi connectivity index (χ4n) is 3.56. The summed E-state index contributed by atoms with van der Waals surface area (Å²) < 4.78 is 26.4. The number of nitrogens with zero attached hydrogens (tertiary/aromatic N) is 1. The number of likely N-dealkylation sites (tertiary alicyclic amines) is 1. The van der Waals surface area contributed by atoms with Gasteiger partial charge in [0.05, 0.1) is 16.6 Å². The predicted molar refractivity (Wildman–Crippen MR) is 117 cm³/mol. The second-order valence-corrected chi connectivity index (χ2v) is 9.91. The lowest BCUT2D eigenvalue weighted by Gasteiger charge is -2.32. The summed E-state index contributed by atoms with van der Waals surface area (Å²) in [6.07, 6.45) is 3.33. The zero-order valence-corrected chi connectivity index (χ0v) is 18.3. The number of piperidine rings is 1. The molecule has 31 heavy (non-hydrogen) atoms. The fourth-order valence-corrected chi connectivity index (χ4v) is 5.61. The number of halogens is 1. The molecule has 3 rings (SSSR count). The van der Waals surface area contributed by atoms with Gasteiger partial charge in [0.2, 0.25) is 5.91 Å². The van der Waals surface area contributed by atoms with Crippen molar-refractivity contribution in [2.75, 3.05) is 13.1 Å². The monoisotopic (exact) mass is 462 g/mol. The summed E-state index contributed by atoms with van der Waals surface area (Å²) in [5.41, 5.74) is 2.70. The average molecular weight is 463 g/mol. The van der Waals surface area contributed by atoms with Crippen LogP contribution >= 0.6 is 11.6 Å². The van der Waals surface area contributed by atoms with Gasteiger partial charge in [0.1, 0.15) is 0 Å². The standard InChI is InChI=1S/C22H23ClN2O5S/c23-18-8-5-16(6-9-18)15-22(27)25-13-11-19(12-14-25)31(29,30)20-4-2-1-3-17(20)7-10-21(26)24-28/h1-10,19,28H,11-15H2,(H,24,26). The first-order valence-electron chi connectivity index (χ1n) is 9.78. The molecule has 1 aliphatic rings. The topological polar surface area (TPSA) is 104 Å². The second kappa shape index (κ2) is 10.1. The Labute approximate surface area is 186 Å². The molecule has 1 aliphatic heterocycles. The molecule has 164 valence electrons. The number of hydrogen-bond donors (Lipinski definition) is 2. The van der Waals surface area contributed by atoms with Crippen molar-refractivity contribution in [3.05, 3.63) is 70.8 Å². The Kier molecular flexibility index (Phi) is 7.48. The van der Waals surface area contributed by atoms with Gasteiger partial charge in [0, 0.05) is 24.2 Å². The molecule has 0 saturated carbocycles. The van der Waals surface area contributed by atoms with Crippen molar-refractivity contribution in [2.24, 2.45) is 0 Å². The van der Waals surface area contributed by atoms with Gasteiger partial charge in [-0.05, 0) is 48.2 Å². The maximum atomic E-state index is 13.2. The van der Waals surface area contributed by atoms with E-state index >= 15 is 0 Å². The van der Waals surface area contributed by atoms with Crippen LogP contribution in [0.3, 0.4) is 0 Å². The van der Waals surface area contributed by atoms with E-state index in [1.807, 2.05) is 0 Å². The van der Waals surface area contributed by atoms with Crippen LogP contribution in [-0.2, 0) is 25.8 Å². The number of carbonyl (C=O) groups is 2. The molecule has 9 heteroatoms. The van der Waals surface area contributed by atoms with Crippen molar-refractivity contribution < 1.29 is 23.2 Å². The van der Waals surface area contributed by atoms with Gasteiger partial charge in [-0.25, -0.2) is 13.9 Å². The van der Waals surface area contributed by atoms with Crippen LogP contribution in [0.25, 0.3) is 6.08 Å². The number of hydrogen-bond acceptors (Lipinski definition) is 5. The molecule has 0 radical (unpaired) electrons. The fraction of sp³-hybridized carbons (Fsp3) is 0.273. The summed E-state index contributed by atoms with van der Waals surface area (Å²) >= 11 is 5.87. The van der Waals surface area contributed by atoms with E-state index in [4.69, 9.17) is 16.8 Å². The van der Waals surface area contributed by atoms with Crippen LogP contribution in [0.5, 0.6) is 0 Å². The van der Waals surface area contributed by atoms with Crippen LogP contribution in [0.15, 0.2) is 59.5 Å². The Morgan fingerprint density at radius 3 is 2.39 bits per heavy atom. The van der Waals surface area contributed by atoms with E-state index in [0.29, 0.717) is 36.5 Å². The van der Waals surface area contributed by atoms with Gasteiger partial charge in [-0.1, -0.05) is 41.9 Å². The molecular weight excluding hydrogens is 440 g/mol. The van der Waals surface area contributed by atoms with Gasteiger partial charge in [-0.3, -0.25) is 14.8 Å². The SMILES string of the molecule is O=C(C=Cc1ccccc1S(=O)(=O)C1CCN(C(=O)Cc2ccc(Cl)cc2)CC1)NO. The molecular formula is C22H23ClN2O5S. The van der Waals surface area contributed by atoms with Gasteiger partial charge in [0.25, 0.3) is 5.91 Å². The average Bonchev–Trinajstić information content (AvgIpc) is 2.79. The lowest BCUT2D eigenvalue weighted by molar-refractivity contribution is -0.131. The molecule has 1 fully saturated rings. The van der Waals surface area contributed by atoms with E-state index in [9.17, 15) is 18.0 Å². The minimum atomic E-state index is -3.66. The Morgan fingerprint density at radius 1 is 1.10 bits per heavy atom. The minimum absolute atomic E-state index is 0.0449. The first kappa shape index (κ1) is 23.0. The van der Waals surface area contributed by atoms with E-state index in [0.717, 1.165) is 11.6 Å². The van der Waals surface area contributed by atoms with Gasteiger partial charge in [-0.2, -0.15) is 0 Å². The highest BCUT2D eigenvalue weighted by molar-refractivity contribution is 7.92. The number of amides is 2. The van der Waals surface area contributed by atoms with Crippen molar-refractivity contribution in [1.29, 1.82) is 0 Å². The molecule has 2 aromatic rings. The molecule has 0 spiro atoms. The quantitative estimate of drug-likeness (QED) is 0.390. The van der Waals surface area contributed by atoms with Gasteiger partial charge >= 0.3 is 0 Å². The van der Waals surface area contributed by atoms with E-state index < -0.39 is 21.0 Å². The van der Waals surface area contributed by atoms with Crippen LogP contribution < -0.4 is 5.48 Å². The van der Waals surface area contributed by atoms with Crippen molar-refractivity contribution in [3.63, 3.8) is 0 Å². The van der Waals surface area contributed by atoms with E-state index in [1.165, 1.54) is 17.6 Å². The summed E-state index contributed by atoms with van der Waals surface area (Å²) in [6, 6.07) is 13.5. The molecule has 2 amide bonds. The summed E-state index contributed by atoms with van der Waals surface area (Å²) in [4.78, 5) is 25.7. The first-order chi connectivity index (χ1) is 14.8. The Hall–Kier alpha value is -2.68. The molecule has 0 atom stereocenters. The van der Waals surface area contributed by atoms with Crippen molar-refractivity contribution in [1.82, 2.24) is 10.4 Å². The third-order valence-corrected chi connectivity index (χ3v) is 7.84. The van der Waals surface area contributed by atoms with E-state index in [-0.39, 0.29) is 17.2 Å². The van der Waals surface area contributed by atoms with Crippen LogP contribution in [-0.4, -0.2) is 48.7 Å². The summed E-state index contributed by atoms with van der Waals surface area (Å²) in [5, 5.41) is 8.60. The zero-order valence-electron chi connectivity index (χ0n) is 16.7. The van der Waals surface area contributed by atoms with Crippen molar-refractivity contribution in [3.8, 4) is 0 Å². The number of carbonyl (C=O) groups excluding carboxylic acids is 2. The maximum Gasteiger partial charge on any atom is 0.267 e. The summed E-state index contributed by atoms with van der Waals surface area (Å²) in [7, 11) is -3.66. The molecule has 7 nitrogen and oxygen atoms in total. The highest BCUT2D eigenvalue weighted by Crippen LogP contribution is 2.28. The highest BCUT2D eigenvalue weighted by Gasteiger charge is 2.33. The first-order valence-corrected chi connectivity index (χ1v) is 11.7. The number of hydroxylamine groups is 1. The zero-order chi connectivity index (χ0) is 22.4. The molecule has 2 N–H and O–H groups in total. The minimum Gasteiger partial charge on any atom is -0.342 e. The Balaban J connectivity index is 1.67. The summed E-state index contributed by atoms with van der Waals surface area (Å²) in [5.74, 6) is -0.795. The Bertz CT molecular complexity index is 1080. The van der Waals surface area contributed by atoms with Gasteiger partial charge in [-0.15, -0.1) is 0 Å². The van der Waals surface area contributed by atoms with Crippen LogP contribution in [0.1, 0.15) is 24.0 Å². The molecule has 0 aliphatic carbocycles. The largest absolute Gasteiger partial charge is 0.342 e. The number of rotatable bonds is 6. The maximum absolute atomic E-state index is 13.2.